The van der Waals surface area contributed by atoms with Crippen molar-refractivity contribution < 1.29 is 5.11 Å². The summed E-state index contributed by atoms with van der Waals surface area (Å²) < 4.78 is 1.78. The Morgan fingerprint density at radius 2 is 1.84 bits per heavy atom. The molecule has 0 fully saturated rings. The average Bonchev–Trinajstić information content (AvgIpc) is 2.81. The van der Waals surface area contributed by atoms with Crippen molar-refractivity contribution in [3.8, 4) is 11.4 Å². The van der Waals surface area contributed by atoms with E-state index in [4.69, 9.17) is 0 Å². The summed E-state index contributed by atoms with van der Waals surface area (Å²) in [6.07, 6.45) is 1.88. The van der Waals surface area contributed by atoms with Crippen molar-refractivity contribution in [2.24, 2.45) is 0 Å². The van der Waals surface area contributed by atoms with Gasteiger partial charge in [-0.05, 0) is 49.9 Å². The van der Waals surface area contributed by atoms with Crippen molar-refractivity contribution in [2.45, 2.75) is 46.8 Å². The maximum Gasteiger partial charge on any atom is 0.158 e. The highest BCUT2D eigenvalue weighted by molar-refractivity contribution is 5.62. The molecule has 102 valence electrons. The second kappa shape index (κ2) is 5.53. The van der Waals surface area contributed by atoms with Gasteiger partial charge >= 0.3 is 0 Å². The van der Waals surface area contributed by atoms with Crippen molar-refractivity contribution in [2.75, 3.05) is 0 Å². The third-order valence-corrected chi connectivity index (χ3v) is 3.55. The lowest BCUT2D eigenvalue weighted by molar-refractivity contribution is 0.146. The molecule has 0 aliphatic rings. The number of aryl methyl sites for hydroxylation is 3. The van der Waals surface area contributed by atoms with Gasteiger partial charge in [0.05, 0.1) is 12.6 Å². The quantitative estimate of drug-likeness (QED) is 0.918. The zero-order valence-corrected chi connectivity index (χ0v) is 12.0. The Kier molecular flexibility index (Phi) is 4.00. The summed E-state index contributed by atoms with van der Waals surface area (Å²) in [7, 11) is 0. The normalized spacial score (nSPS) is 12.7. The summed E-state index contributed by atoms with van der Waals surface area (Å²) in [4.78, 5) is 4.35. The molecule has 0 aliphatic heterocycles. The van der Waals surface area contributed by atoms with Gasteiger partial charge in [0.15, 0.2) is 5.82 Å². The van der Waals surface area contributed by atoms with E-state index in [1.54, 1.807) is 11.0 Å². The van der Waals surface area contributed by atoms with Crippen LogP contribution in [0.15, 0.2) is 18.5 Å². The Bertz CT molecular complexity index is 575. The molecule has 0 bridgehead atoms. The molecule has 4 nitrogen and oxygen atoms in total. The van der Waals surface area contributed by atoms with Crippen molar-refractivity contribution in [3.63, 3.8) is 0 Å². The number of nitrogens with zero attached hydrogens (tertiary/aromatic N) is 3. The molecule has 1 N–H and O–H groups in total. The topological polar surface area (TPSA) is 50.9 Å². The molecule has 0 saturated heterocycles. The molecule has 0 radical (unpaired) electrons. The van der Waals surface area contributed by atoms with E-state index < -0.39 is 0 Å². The molecule has 19 heavy (non-hydrogen) atoms. The molecule has 0 spiro atoms. The van der Waals surface area contributed by atoms with E-state index in [0.29, 0.717) is 13.0 Å². The molecule has 0 amide bonds. The first-order valence-electron chi connectivity index (χ1n) is 6.67. The van der Waals surface area contributed by atoms with Gasteiger partial charge in [-0.2, -0.15) is 5.10 Å². The minimum absolute atomic E-state index is 0.382. The minimum atomic E-state index is -0.382. The van der Waals surface area contributed by atoms with Crippen LogP contribution in [0.1, 0.15) is 30.0 Å². The maximum atomic E-state index is 9.78. The summed E-state index contributed by atoms with van der Waals surface area (Å²) >= 11 is 0. The summed E-state index contributed by atoms with van der Waals surface area (Å²) in [6.45, 7) is 8.73. The van der Waals surface area contributed by atoms with E-state index in [9.17, 15) is 5.11 Å². The molecule has 0 aliphatic carbocycles. The van der Waals surface area contributed by atoms with E-state index in [1.165, 1.54) is 16.7 Å². The fourth-order valence-electron chi connectivity index (χ4n) is 2.14. The molecular weight excluding hydrogens is 238 g/mol. The van der Waals surface area contributed by atoms with Gasteiger partial charge in [-0.1, -0.05) is 13.0 Å². The molecule has 1 atom stereocenters. The monoisotopic (exact) mass is 259 g/mol. The first-order valence-corrected chi connectivity index (χ1v) is 6.67. The molecule has 2 aromatic rings. The van der Waals surface area contributed by atoms with Crippen LogP contribution in [0.4, 0.5) is 0 Å². The van der Waals surface area contributed by atoms with Gasteiger partial charge in [-0.15, -0.1) is 0 Å². The van der Waals surface area contributed by atoms with E-state index in [1.807, 2.05) is 6.92 Å². The molecule has 4 heteroatoms. The Morgan fingerprint density at radius 3 is 2.53 bits per heavy atom. The van der Waals surface area contributed by atoms with Crippen LogP contribution in [0, 0.1) is 20.8 Å². The fraction of sp³-hybridized carbons (Fsp3) is 0.467. The van der Waals surface area contributed by atoms with E-state index in [-0.39, 0.29) is 6.10 Å². The molecule has 0 saturated carbocycles. The highest BCUT2D eigenvalue weighted by atomic mass is 16.3. The Labute approximate surface area is 114 Å². The van der Waals surface area contributed by atoms with Crippen LogP contribution in [0.5, 0.6) is 0 Å². The molecule has 2 rings (SSSR count). The van der Waals surface area contributed by atoms with Gasteiger partial charge in [0.25, 0.3) is 0 Å². The number of aliphatic hydroxyl groups excluding tert-OH is 1. The summed E-state index contributed by atoms with van der Waals surface area (Å²) in [5, 5.41) is 14.0. The first-order chi connectivity index (χ1) is 9.02. The predicted octanol–water partition coefficient (Wildman–Crippen LogP) is 2.64. The van der Waals surface area contributed by atoms with Gasteiger partial charge < -0.3 is 5.11 Å². The van der Waals surface area contributed by atoms with Gasteiger partial charge in [0.2, 0.25) is 0 Å². The van der Waals surface area contributed by atoms with Crippen molar-refractivity contribution in [3.05, 3.63) is 35.2 Å². The maximum absolute atomic E-state index is 9.78. The van der Waals surface area contributed by atoms with Crippen LogP contribution >= 0.6 is 0 Å². The number of hydrogen-bond acceptors (Lipinski definition) is 3. The highest BCUT2D eigenvalue weighted by Crippen LogP contribution is 2.24. The summed E-state index contributed by atoms with van der Waals surface area (Å²) in [6, 6.07) is 4.31. The first kappa shape index (κ1) is 13.7. The Balaban J connectivity index is 2.42. The standard InChI is InChI=1S/C15H21N3O/c1-5-13(19)8-18-15(16-9-17-18)14-7-11(3)10(2)6-12(14)4/h6-7,9,13,19H,5,8H2,1-4H3/t13-/m1/s1. The van der Waals surface area contributed by atoms with Gasteiger partial charge in [0.1, 0.15) is 6.33 Å². The number of rotatable bonds is 4. The Hall–Kier alpha value is -1.68. The van der Waals surface area contributed by atoms with E-state index >= 15 is 0 Å². The SMILES string of the molecule is CC[C@@H](O)Cn1ncnc1-c1cc(C)c(C)cc1C. The zero-order chi connectivity index (χ0) is 14.0. The van der Waals surface area contributed by atoms with Crippen LogP contribution < -0.4 is 0 Å². The average molecular weight is 259 g/mol. The lowest BCUT2D eigenvalue weighted by atomic mass is 10.0. The van der Waals surface area contributed by atoms with Crippen LogP contribution in [0.25, 0.3) is 11.4 Å². The summed E-state index contributed by atoms with van der Waals surface area (Å²) in [5.74, 6) is 0.827. The zero-order valence-electron chi connectivity index (χ0n) is 12.0. The lowest BCUT2D eigenvalue weighted by Crippen LogP contribution is -2.16. The number of aromatic nitrogens is 3. The highest BCUT2D eigenvalue weighted by Gasteiger charge is 2.13. The summed E-state index contributed by atoms with van der Waals surface area (Å²) in [5.41, 5.74) is 4.79. The van der Waals surface area contributed by atoms with Crippen LogP contribution in [0.3, 0.4) is 0 Å². The van der Waals surface area contributed by atoms with E-state index in [2.05, 4.69) is 43.0 Å². The third kappa shape index (κ3) is 2.84. The van der Waals surface area contributed by atoms with Gasteiger partial charge in [-0.3, -0.25) is 0 Å². The second-order valence-electron chi connectivity index (χ2n) is 5.08. The predicted molar refractivity (Wildman–Crippen MR) is 76.0 cm³/mol. The lowest BCUT2D eigenvalue weighted by Gasteiger charge is -2.13. The number of aliphatic hydroxyl groups is 1. The minimum Gasteiger partial charge on any atom is -0.391 e. The fourth-order valence-corrected chi connectivity index (χ4v) is 2.14. The molecule has 1 aromatic heterocycles. The van der Waals surface area contributed by atoms with Crippen LogP contribution in [-0.2, 0) is 6.54 Å². The molecule has 1 aromatic carbocycles. The number of hydrogen-bond donors (Lipinski definition) is 1. The van der Waals surface area contributed by atoms with Crippen molar-refractivity contribution in [1.29, 1.82) is 0 Å². The van der Waals surface area contributed by atoms with Crippen molar-refractivity contribution >= 4 is 0 Å². The van der Waals surface area contributed by atoms with Crippen molar-refractivity contribution in [1.82, 2.24) is 14.8 Å². The third-order valence-electron chi connectivity index (χ3n) is 3.55. The Morgan fingerprint density at radius 1 is 1.16 bits per heavy atom. The van der Waals surface area contributed by atoms with Gasteiger partial charge in [-0.25, -0.2) is 9.67 Å². The molecular formula is C15H21N3O. The molecule has 1 heterocycles. The van der Waals surface area contributed by atoms with Crippen LogP contribution in [0.2, 0.25) is 0 Å². The van der Waals surface area contributed by atoms with E-state index in [0.717, 1.165) is 11.4 Å². The largest absolute Gasteiger partial charge is 0.391 e. The number of benzene rings is 1. The molecule has 0 unspecified atom stereocenters. The smallest absolute Gasteiger partial charge is 0.158 e. The second-order valence-corrected chi connectivity index (χ2v) is 5.08. The van der Waals surface area contributed by atoms with Gasteiger partial charge in [0, 0.05) is 5.56 Å². The van der Waals surface area contributed by atoms with Crippen LogP contribution in [-0.4, -0.2) is 26.0 Å².